The lowest BCUT2D eigenvalue weighted by Gasteiger charge is -2.05. The molecule has 2 rings (SSSR count). The highest BCUT2D eigenvalue weighted by molar-refractivity contribution is 9.10. The molecule has 0 bridgehead atoms. The molecule has 0 atom stereocenters. The molecule has 0 aliphatic heterocycles. The quantitative estimate of drug-likeness (QED) is 0.869. The molecule has 0 amide bonds. The number of ether oxygens (including phenoxy) is 1. The van der Waals surface area contributed by atoms with Gasteiger partial charge in [-0.05, 0) is 35.4 Å². The summed E-state index contributed by atoms with van der Waals surface area (Å²) in [6, 6.07) is 15.9. The molecule has 2 aromatic rings. The highest BCUT2D eigenvalue weighted by Crippen LogP contribution is 2.13. The maximum atomic E-state index is 8.68. The molecule has 2 aromatic carbocycles. The zero-order chi connectivity index (χ0) is 14.2. The van der Waals surface area contributed by atoms with Crippen LogP contribution in [0, 0.1) is 11.8 Å². The van der Waals surface area contributed by atoms with Crippen molar-refractivity contribution in [2.75, 3.05) is 6.61 Å². The lowest BCUT2D eigenvalue weighted by Crippen LogP contribution is -1.94. The predicted molar refractivity (Wildman–Crippen MR) is 83.0 cm³/mol. The van der Waals surface area contributed by atoms with Gasteiger partial charge in [0.25, 0.3) is 0 Å². The standard InChI is InChI=1S/C17H15BrO2/c18-17-8-2-6-16(11-17)13-20-12-15-5-1-4-14(10-15)7-3-9-19/h1-2,4-6,8,10-11,19H,9,12-13H2. The summed E-state index contributed by atoms with van der Waals surface area (Å²) in [6.07, 6.45) is 0. The van der Waals surface area contributed by atoms with Gasteiger partial charge in [0.15, 0.2) is 0 Å². The molecule has 0 fully saturated rings. The van der Waals surface area contributed by atoms with Crippen molar-refractivity contribution in [1.82, 2.24) is 0 Å². The van der Waals surface area contributed by atoms with Gasteiger partial charge < -0.3 is 9.84 Å². The molecule has 2 nitrogen and oxygen atoms in total. The first-order chi connectivity index (χ1) is 9.78. The topological polar surface area (TPSA) is 29.5 Å². The van der Waals surface area contributed by atoms with E-state index >= 15 is 0 Å². The fraction of sp³-hybridized carbons (Fsp3) is 0.176. The average molecular weight is 331 g/mol. The first-order valence-corrected chi connectivity index (χ1v) is 7.08. The van der Waals surface area contributed by atoms with Crippen LogP contribution in [0.1, 0.15) is 16.7 Å². The van der Waals surface area contributed by atoms with Crippen molar-refractivity contribution in [2.24, 2.45) is 0 Å². The van der Waals surface area contributed by atoms with Crippen LogP contribution < -0.4 is 0 Å². The monoisotopic (exact) mass is 330 g/mol. The van der Waals surface area contributed by atoms with Crippen molar-refractivity contribution in [3.63, 3.8) is 0 Å². The normalized spacial score (nSPS) is 9.90. The summed E-state index contributed by atoms with van der Waals surface area (Å²) in [6.45, 7) is 0.997. The summed E-state index contributed by atoms with van der Waals surface area (Å²) in [4.78, 5) is 0. The van der Waals surface area contributed by atoms with E-state index < -0.39 is 0 Å². The van der Waals surface area contributed by atoms with Gasteiger partial charge in [0.05, 0.1) is 13.2 Å². The molecule has 0 radical (unpaired) electrons. The van der Waals surface area contributed by atoms with Gasteiger partial charge in [0.2, 0.25) is 0 Å². The number of aliphatic hydroxyl groups is 1. The second kappa shape index (κ2) is 7.86. The summed E-state index contributed by atoms with van der Waals surface area (Å²) >= 11 is 3.44. The molecule has 1 N–H and O–H groups in total. The van der Waals surface area contributed by atoms with E-state index in [-0.39, 0.29) is 6.61 Å². The van der Waals surface area contributed by atoms with Gasteiger partial charge in [-0.15, -0.1) is 0 Å². The van der Waals surface area contributed by atoms with Gasteiger partial charge in [0.1, 0.15) is 6.61 Å². The molecule has 0 spiro atoms. The summed E-state index contributed by atoms with van der Waals surface area (Å²) in [5.41, 5.74) is 3.10. The highest BCUT2D eigenvalue weighted by atomic mass is 79.9. The van der Waals surface area contributed by atoms with Gasteiger partial charge >= 0.3 is 0 Å². The maximum absolute atomic E-state index is 8.68. The van der Waals surface area contributed by atoms with E-state index in [0.29, 0.717) is 13.2 Å². The third kappa shape index (κ3) is 4.82. The Hall–Kier alpha value is -1.60. The SMILES string of the molecule is OCC#Cc1cccc(COCc2cccc(Br)c2)c1. The summed E-state index contributed by atoms with van der Waals surface area (Å²) in [5.74, 6) is 5.53. The molecule has 102 valence electrons. The van der Waals surface area contributed by atoms with Crippen molar-refractivity contribution in [2.45, 2.75) is 13.2 Å². The van der Waals surface area contributed by atoms with E-state index in [0.717, 1.165) is 21.2 Å². The number of benzene rings is 2. The smallest absolute Gasteiger partial charge is 0.104 e. The van der Waals surface area contributed by atoms with Gasteiger partial charge in [-0.3, -0.25) is 0 Å². The van der Waals surface area contributed by atoms with Gasteiger partial charge in [0, 0.05) is 10.0 Å². The van der Waals surface area contributed by atoms with Gasteiger partial charge in [-0.2, -0.15) is 0 Å². The highest BCUT2D eigenvalue weighted by Gasteiger charge is 1.97. The van der Waals surface area contributed by atoms with Crippen LogP contribution >= 0.6 is 15.9 Å². The first kappa shape index (κ1) is 14.8. The van der Waals surface area contributed by atoms with Crippen LogP contribution in [0.5, 0.6) is 0 Å². The zero-order valence-corrected chi connectivity index (χ0v) is 12.6. The first-order valence-electron chi connectivity index (χ1n) is 6.29. The average Bonchev–Trinajstić information content (AvgIpc) is 2.46. The van der Waals surface area contributed by atoms with Crippen molar-refractivity contribution in [3.05, 3.63) is 69.7 Å². The van der Waals surface area contributed by atoms with Crippen LogP contribution in [0.25, 0.3) is 0 Å². The van der Waals surface area contributed by atoms with E-state index in [2.05, 4.69) is 27.8 Å². The molecular weight excluding hydrogens is 316 g/mol. The summed E-state index contributed by atoms with van der Waals surface area (Å²) in [5, 5.41) is 8.68. The summed E-state index contributed by atoms with van der Waals surface area (Å²) < 4.78 is 6.76. The van der Waals surface area contributed by atoms with E-state index in [1.54, 1.807) is 0 Å². The van der Waals surface area contributed by atoms with Crippen LogP contribution in [-0.4, -0.2) is 11.7 Å². The third-order valence-electron chi connectivity index (χ3n) is 2.67. The molecule has 0 unspecified atom stereocenters. The third-order valence-corrected chi connectivity index (χ3v) is 3.16. The number of rotatable bonds is 4. The van der Waals surface area contributed by atoms with Crippen molar-refractivity contribution < 1.29 is 9.84 Å². The minimum absolute atomic E-state index is 0.121. The Morgan fingerprint density at radius 3 is 2.40 bits per heavy atom. The predicted octanol–water partition coefficient (Wildman–Crippen LogP) is 3.51. The minimum atomic E-state index is -0.121. The Balaban J connectivity index is 1.91. The van der Waals surface area contributed by atoms with Gasteiger partial charge in [-0.25, -0.2) is 0 Å². The lowest BCUT2D eigenvalue weighted by atomic mass is 10.1. The number of hydrogen-bond donors (Lipinski definition) is 1. The van der Waals surface area contributed by atoms with Crippen LogP contribution in [0.2, 0.25) is 0 Å². The van der Waals surface area contributed by atoms with Crippen LogP contribution in [-0.2, 0) is 18.0 Å². The molecule has 0 heterocycles. The number of aliphatic hydroxyl groups excluding tert-OH is 1. The van der Waals surface area contributed by atoms with E-state index in [9.17, 15) is 0 Å². The van der Waals surface area contributed by atoms with Crippen molar-refractivity contribution >= 4 is 15.9 Å². The molecule has 3 heteroatoms. The lowest BCUT2D eigenvalue weighted by molar-refractivity contribution is 0.107. The van der Waals surface area contributed by atoms with Crippen molar-refractivity contribution in [1.29, 1.82) is 0 Å². The van der Waals surface area contributed by atoms with Gasteiger partial charge in [-0.1, -0.05) is 52.0 Å². The molecular formula is C17H15BrO2. The second-order valence-corrected chi connectivity index (χ2v) is 5.20. The summed E-state index contributed by atoms with van der Waals surface area (Å²) in [7, 11) is 0. The Labute approximate surface area is 127 Å². The molecule has 0 saturated heterocycles. The zero-order valence-electron chi connectivity index (χ0n) is 11.0. The largest absolute Gasteiger partial charge is 0.384 e. The number of hydrogen-bond acceptors (Lipinski definition) is 2. The molecule has 0 aliphatic carbocycles. The minimum Gasteiger partial charge on any atom is -0.384 e. The Morgan fingerprint density at radius 1 is 1.00 bits per heavy atom. The maximum Gasteiger partial charge on any atom is 0.104 e. The van der Waals surface area contributed by atoms with E-state index in [1.807, 2.05) is 48.5 Å². The Bertz CT molecular complexity index is 626. The molecule has 0 saturated carbocycles. The van der Waals surface area contributed by atoms with Crippen LogP contribution in [0.3, 0.4) is 0 Å². The van der Waals surface area contributed by atoms with E-state index in [4.69, 9.17) is 9.84 Å². The van der Waals surface area contributed by atoms with Crippen LogP contribution in [0.15, 0.2) is 53.0 Å². The molecule has 0 aromatic heterocycles. The number of halogens is 1. The van der Waals surface area contributed by atoms with Crippen LogP contribution in [0.4, 0.5) is 0 Å². The van der Waals surface area contributed by atoms with Crippen molar-refractivity contribution in [3.8, 4) is 11.8 Å². The Morgan fingerprint density at radius 2 is 1.70 bits per heavy atom. The fourth-order valence-corrected chi connectivity index (χ4v) is 2.24. The van der Waals surface area contributed by atoms with E-state index in [1.165, 1.54) is 0 Å². The second-order valence-electron chi connectivity index (χ2n) is 4.28. The Kier molecular flexibility index (Phi) is 5.82. The molecule has 0 aliphatic rings. The molecule has 20 heavy (non-hydrogen) atoms. The fourth-order valence-electron chi connectivity index (χ4n) is 1.79.